The Morgan fingerprint density at radius 1 is 1.10 bits per heavy atom. The van der Waals surface area contributed by atoms with E-state index in [2.05, 4.69) is 30.4 Å². The second kappa shape index (κ2) is 7.60. The Bertz CT molecular complexity index is 581. The standard InChI is InChI=1S/C18H21NO2/c1-14-6-5-9-16(12-14)10-11-19-17(18(20)21)13-15-7-3-2-4-8-15/h2-9,12,17,19H,10-11,13H2,1H3,(H,20,21)/t17-/m0/s1. The minimum absolute atomic E-state index is 0.504. The Labute approximate surface area is 125 Å². The first-order valence-corrected chi connectivity index (χ1v) is 7.21. The molecule has 2 aromatic rings. The number of carboxylic acids is 1. The monoisotopic (exact) mass is 283 g/mol. The Hall–Kier alpha value is -2.13. The van der Waals surface area contributed by atoms with Crippen LogP contribution in [0.5, 0.6) is 0 Å². The molecule has 2 aromatic carbocycles. The Morgan fingerprint density at radius 3 is 2.48 bits per heavy atom. The van der Waals surface area contributed by atoms with Crippen LogP contribution in [0.25, 0.3) is 0 Å². The topological polar surface area (TPSA) is 49.3 Å². The van der Waals surface area contributed by atoms with Crippen molar-refractivity contribution in [1.82, 2.24) is 5.32 Å². The van der Waals surface area contributed by atoms with E-state index in [0.717, 1.165) is 12.0 Å². The van der Waals surface area contributed by atoms with Crippen LogP contribution in [-0.2, 0) is 17.6 Å². The van der Waals surface area contributed by atoms with E-state index in [1.807, 2.05) is 36.4 Å². The van der Waals surface area contributed by atoms with Crippen molar-refractivity contribution >= 4 is 5.97 Å². The highest BCUT2D eigenvalue weighted by Crippen LogP contribution is 2.06. The smallest absolute Gasteiger partial charge is 0.321 e. The summed E-state index contributed by atoms with van der Waals surface area (Å²) in [6.45, 7) is 2.72. The summed E-state index contributed by atoms with van der Waals surface area (Å²) in [5.74, 6) is -0.803. The zero-order valence-corrected chi connectivity index (χ0v) is 12.3. The number of benzene rings is 2. The van der Waals surface area contributed by atoms with Crippen molar-refractivity contribution < 1.29 is 9.90 Å². The Balaban J connectivity index is 1.87. The van der Waals surface area contributed by atoms with E-state index in [-0.39, 0.29) is 0 Å². The SMILES string of the molecule is Cc1cccc(CCN[C@@H](Cc2ccccc2)C(=O)O)c1. The largest absolute Gasteiger partial charge is 0.480 e. The summed E-state index contributed by atoms with van der Waals surface area (Å²) in [6.07, 6.45) is 1.34. The number of hydrogen-bond donors (Lipinski definition) is 2. The predicted molar refractivity (Wildman–Crippen MR) is 84.5 cm³/mol. The van der Waals surface area contributed by atoms with Crippen molar-refractivity contribution in [2.45, 2.75) is 25.8 Å². The van der Waals surface area contributed by atoms with Gasteiger partial charge in [-0.3, -0.25) is 4.79 Å². The summed E-state index contributed by atoms with van der Waals surface area (Å²) >= 11 is 0. The van der Waals surface area contributed by atoms with Crippen LogP contribution in [0.1, 0.15) is 16.7 Å². The molecule has 0 amide bonds. The number of nitrogens with one attached hydrogen (secondary N) is 1. The van der Waals surface area contributed by atoms with Crippen LogP contribution >= 0.6 is 0 Å². The van der Waals surface area contributed by atoms with Gasteiger partial charge in [0.2, 0.25) is 0 Å². The van der Waals surface area contributed by atoms with Crippen molar-refractivity contribution in [3.05, 3.63) is 71.3 Å². The average Bonchev–Trinajstić information content (AvgIpc) is 2.47. The summed E-state index contributed by atoms with van der Waals surface area (Å²) in [5, 5.41) is 12.4. The third kappa shape index (κ3) is 5.04. The maximum Gasteiger partial charge on any atom is 0.321 e. The van der Waals surface area contributed by atoms with Gasteiger partial charge in [0.05, 0.1) is 0 Å². The highest BCUT2D eigenvalue weighted by molar-refractivity contribution is 5.73. The van der Waals surface area contributed by atoms with Gasteiger partial charge in [0, 0.05) is 0 Å². The second-order valence-corrected chi connectivity index (χ2v) is 5.27. The fourth-order valence-corrected chi connectivity index (χ4v) is 2.35. The molecular formula is C18H21NO2. The highest BCUT2D eigenvalue weighted by Gasteiger charge is 2.16. The van der Waals surface area contributed by atoms with Gasteiger partial charge in [0.25, 0.3) is 0 Å². The van der Waals surface area contributed by atoms with Crippen LogP contribution in [-0.4, -0.2) is 23.7 Å². The van der Waals surface area contributed by atoms with Crippen LogP contribution < -0.4 is 5.32 Å². The van der Waals surface area contributed by atoms with Crippen LogP contribution in [0.4, 0.5) is 0 Å². The molecule has 0 aliphatic carbocycles. The molecule has 0 unspecified atom stereocenters. The number of aryl methyl sites for hydroxylation is 1. The number of rotatable bonds is 7. The van der Waals surface area contributed by atoms with Gasteiger partial charge >= 0.3 is 5.97 Å². The average molecular weight is 283 g/mol. The number of aliphatic carboxylic acids is 1. The van der Waals surface area contributed by atoms with Crippen molar-refractivity contribution in [3.8, 4) is 0 Å². The molecule has 0 aliphatic heterocycles. The van der Waals surface area contributed by atoms with Crippen molar-refractivity contribution in [1.29, 1.82) is 0 Å². The van der Waals surface area contributed by atoms with E-state index in [1.165, 1.54) is 11.1 Å². The van der Waals surface area contributed by atoms with Gasteiger partial charge in [-0.05, 0) is 37.4 Å². The third-order valence-electron chi connectivity index (χ3n) is 3.47. The fraction of sp³-hybridized carbons (Fsp3) is 0.278. The number of carboxylic acid groups (broad SMARTS) is 1. The van der Waals surface area contributed by atoms with Crippen molar-refractivity contribution in [2.75, 3.05) is 6.54 Å². The van der Waals surface area contributed by atoms with Gasteiger partial charge in [-0.25, -0.2) is 0 Å². The molecule has 0 heterocycles. The molecule has 0 aliphatic rings. The van der Waals surface area contributed by atoms with Gasteiger partial charge in [-0.2, -0.15) is 0 Å². The lowest BCUT2D eigenvalue weighted by molar-refractivity contribution is -0.139. The van der Waals surface area contributed by atoms with Gasteiger partial charge < -0.3 is 10.4 Å². The normalized spacial score (nSPS) is 12.0. The maximum atomic E-state index is 11.3. The first-order valence-electron chi connectivity index (χ1n) is 7.21. The van der Waals surface area contributed by atoms with Gasteiger partial charge in [0.15, 0.2) is 0 Å². The molecule has 0 bridgehead atoms. The van der Waals surface area contributed by atoms with Gasteiger partial charge in [-0.1, -0.05) is 60.2 Å². The van der Waals surface area contributed by atoms with Crippen LogP contribution in [0.2, 0.25) is 0 Å². The van der Waals surface area contributed by atoms with Crippen LogP contribution in [0.3, 0.4) is 0 Å². The van der Waals surface area contributed by atoms with E-state index in [4.69, 9.17) is 0 Å². The molecule has 110 valence electrons. The van der Waals surface area contributed by atoms with E-state index < -0.39 is 12.0 Å². The minimum Gasteiger partial charge on any atom is -0.480 e. The minimum atomic E-state index is -0.803. The first-order chi connectivity index (χ1) is 10.1. The molecular weight excluding hydrogens is 262 g/mol. The summed E-state index contributed by atoms with van der Waals surface area (Å²) in [7, 11) is 0. The number of hydrogen-bond acceptors (Lipinski definition) is 2. The fourth-order valence-electron chi connectivity index (χ4n) is 2.35. The molecule has 2 N–H and O–H groups in total. The molecule has 0 fully saturated rings. The lowest BCUT2D eigenvalue weighted by Gasteiger charge is -2.14. The van der Waals surface area contributed by atoms with Crippen LogP contribution in [0.15, 0.2) is 54.6 Å². The molecule has 0 aromatic heterocycles. The molecule has 3 nitrogen and oxygen atoms in total. The quantitative estimate of drug-likeness (QED) is 0.821. The molecule has 2 rings (SSSR count). The molecule has 3 heteroatoms. The van der Waals surface area contributed by atoms with Gasteiger partial charge in [-0.15, -0.1) is 0 Å². The summed E-state index contributed by atoms with van der Waals surface area (Å²) < 4.78 is 0. The van der Waals surface area contributed by atoms with Crippen LogP contribution in [0, 0.1) is 6.92 Å². The predicted octanol–water partition coefficient (Wildman–Crippen LogP) is 2.82. The summed E-state index contributed by atoms with van der Waals surface area (Å²) in [6, 6.07) is 17.5. The lowest BCUT2D eigenvalue weighted by Crippen LogP contribution is -2.39. The zero-order valence-electron chi connectivity index (χ0n) is 12.3. The Kier molecular flexibility index (Phi) is 5.52. The molecule has 1 atom stereocenters. The van der Waals surface area contributed by atoms with Crippen molar-refractivity contribution in [3.63, 3.8) is 0 Å². The lowest BCUT2D eigenvalue weighted by atomic mass is 10.1. The molecule has 0 saturated heterocycles. The van der Waals surface area contributed by atoms with E-state index >= 15 is 0 Å². The summed E-state index contributed by atoms with van der Waals surface area (Å²) in [5.41, 5.74) is 3.49. The highest BCUT2D eigenvalue weighted by atomic mass is 16.4. The van der Waals surface area contributed by atoms with Crippen molar-refractivity contribution in [2.24, 2.45) is 0 Å². The molecule has 0 radical (unpaired) electrons. The van der Waals surface area contributed by atoms with E-state index in [9.17, 15) is 9.90 Å². The molecule has 0 spiro atoms. The third-order valence-corrected chi connectivity index (χ3v) is 3.47. The van der Waals surface area contributed by atoms with Gasteiger partial charge in [0.1, 0.15) is 6.04 Å². The maximum absolute atomic E-state index is 11.3. The first kappa shape index (κ1) is 15.3. The van der Waals surface area contributed by atoms with E-state index in [1.54, 1.807) is 0 Å². The molecule has 21 heavy (non-hydrogen) atoms. The van der Waals surface area contributed by atoms with E-state index in [0.29, 0.717) is 13.0 Å². The Morgan fingerprint density at radius 2 is 1.81 bits per heavy atom. The number of carbonyl (C=O) groups is 1. The zero-order chi connectivity index (χ0) is 15.1. The summed E-state index contributed by atoms with van der Waals surface area (Å²) in [4.78, 5) is 11.3. The second-order valence-electron chi connectivity index (χ2n) is 5.27. The molecule has 0 saturated carbocycles.